The third-order valence-electron chi connectivity index (χ3n) is 3.28. The zero-order valence-corrected chi connectivity index (χ0v) is 9.61. The number of carbonyl (C=O) groups excluding carboxylic acids is 1. The largest absolute Gasteiger partial charge is 0.356 e. The number of amides is 1. The van der Waals surface area contributed by atoms with E-state index in [9.17, 15) is 4.79 Å². The van der Waals surface area contributed by atoms with Crippen LogP contribution in [-0.4, -0.2) is 12.5 Å². The summed E-state index contributed by atoms with van der Waals surface area (Å²) in [6.07, 6.45) is 5.10. The van der Waals surface area contributed by atoms with E-state index in [0.717, 1.165) is 25.8 Å². The second-order valence-corrected chi connectivity index (χ2v) is 4.49. The Bertz CT molecular complexity index is 334. The molecule has 2 heteroatoms. The van der Waals surface area contributed by atoms with Gasteiger partial charge in [0.1, 0.15) is 0 Å². The zero-order chi connectivity index (χ0) is 11.2. The molecule has 0 aliphatic carbocycles. The molecule has 1 amide bonds. The minimum Gasteiger partial charge on any atom is -0.356 e. The average Bonchev–Trinajstić information content (AvgIpc) is 2.42. The molecule has 0 radical (unpaired) electrons. The van der Waals surface area contributed by atoms with Gasteiger partial charge in [0.15, 0.2) is 0 Å². The van der Waals surface area contributed by atoms with E-state index in [-0.39, 0.29) is 5.91 Å². The average molecular weight is 217 g/mol. The van der Waals surface area contributed by atoms with Gasteiger partial charge in [-0.25, -0.2) is 0 Å². The van der Waals surface area contributed by atoms with E-state index in [2.05, 4.69) is 35.6 Å². The first-order valence-electron chi connectivity index (χ1n) is 6.18. The molecule has 1 unspecified atom stereocenters. The summed E-state index contributed by atoms with van der Waals surface area (Å²) >= 11 is 0. The van der Waals surface area contributed by atoms with Crippen molar-refractivity contribution in [3.8, 4) is 0 Å². The molecule has 1 aromatic carbocycles. The van der Waals surface area contributed by atoms with Crippen LogP contribution in [0.1, 0.15) is 43.6 Å². The number of nitrogens with one attached hydrogen (secondary N) is 1. The van der Waals surface area contributed by atoms with E-state index in [4.69, 9.17) is 0 Å². The van der Waals surface area contributed by atoms with Gasteiger partial charge in [-0.15, -0.1) is 0 Å². The Hall–Kier alpha value is -1.31. The Morgan fingerprint density at radius 3 is 2.62 bits per heavy atom. The van der Waals surface area contributed by atoms with Crippen LogP contribution in [0.2, 0.25) is 0 Å². The van der Waals surface area contributed by atoms with Crippen molar-refractivity contribution in [3.05, 3.63) is 35.9 Å². The Kier molecular flexibility index (Phi) is 3.97. The fourth-order valence-corrected chi connectivity index (χ4v) is 2.38. The smallest absolute Gasteiger partial charge is 0.219 e. The molecule has 2 nitrogen and oxygen atoms in total. The number of hydrogen-bond donors (Lipinski definition) is 1. The fourth-order valence-electron chi connectivity index (χ4n) is 2.38. The molecule has 16 heavy (non-hydrogen) atoms. The van der Waals surface area contributed by atoms with Crippen LogP contribution >= 0.6 is 0 Å². The molecule has 2 rings (SSSR count). The third kappa shape index (κ3) is 3.09. The van der Waals surface area contributed by atoms with Gasteiger partial charge >= 0.3 is 0 Å². The first kappa shape index (κ1) is 11.2. The van der Waals surface area contributed by atoms with Crippen molar-refractivity contribution in [2.75, 3.05) is 6.54 Å². The molecule has 0 saturated carbocycles. The van der Waals surface area contributed by atoms with Gasteiger partial charge in [-0.3, -0.25) is 4.79 Å². The lowest BCUT2D eigenvalue weighted by Crippen LogP contribution is -2.23. The molecule has 0 spiro atoms. The van der Waals surface area contributed by atoms with Gasteiger partial charge in [0, 0.05) is 13.0 Å². The first-order valence-corrected chi connectivity index (χ1v) is 6.18. The molecule has 1 saturated heterocycles. The predicted octanol–water partition coefficient (Wildman–Crippen LogP) is 2.85. The lowest BCUT2D eigenvalue weighted by Gasteiger charge is -2.15. The number of hydrogen-bond acceptors (Lipinski definition) is 1. The van der Waals surface area contributed by atoms with Crippen molar-refractivity contribution in [2.24, 2.45) is 0 Å². The SMILES string of the molecule is O=C1CCCC(c2ccccc2)CCCN1. The zero-order valence-electron chi connectivity index (χ0n) is 9.61. The summed E-state index contributed by atoms with van der Waals surface area (Å²) < 4.78 is 0. The van der Waals surface area contributed by atoms with Gasteiger partial charge in [-0.1, -0.05) is 30.3 Å². The minimum atomic E-state index is 0.216. The Balaban J connectivity index is 2.01. The second-order valence-electron chi connectivity index (χ2n) is 4.49. The van der Waals surface area contributed by atoms with Gasteiger partial charge < -0.3 is 5.32 Å². The van der Waals surface area contributed by atoms with Crippen molar-refractivity contribution in [2.45, 2.75) is 38.0 Å². The predicted molar refractivity (Wildman–Crippen MR) is 65.3 cm³/mol. The molecule has 1 aliphatic rings. The van der Waals surface area contributed by atoms with Gasteiger partial charge in [-0.2, -0.15) is 0 Å². The highest BCUT2D eigenvalue weighted by atomic mass is 16.1. The van der Waals surface area contributed by atoms with E-state index < -0.39 is 0 Å². The van der Waals surface area contributed by atoms with Gasteiger partial charge in [0.25, 0.3) is 0 Å². The molecule has 0 aromatic heterocycles. The van der Waals surface area contributed by atoms with Crippen LogP contribution < -0.4 is 5.32 Å². The highest BCUT2D eigenvalue weighted by molar-refractivity contribution is 5.75. The highest BCUT2D eigenvalue weighted by Gasteiger charge is 2.14. The van der Waals surface area contributed by atoms with E-state index in [1.54, 1.807) is 0 Å². The first-order chi connectivity index (χ1) is 7.86. The third-order valence-corrected chi connectivity index (χ3v) is 3.28. The van der Waals surface area contributed by atoms with Crippen LogP contribution in [0.5, 0.6) is 0 Å². The van der Waals surface area contributed by atoms with E-state index in [0.29, 0.717) is 12.3 Å². The maximum absolute atomic E-state index is 11.3. The van der Waals surface area contributed by atoms with E-state index in [1.165, 1.54) is 12.0 Å². The quantitative estimate of drug-likeness (QED) is 0.770. The molecule has 86 valence electrons. The summed E-state index contributed by atoms with van der Waals surface area (Å²) in [6.45, 7) is 0.835. The summed E-state index contributed by atoms with van der Waals surface area (Å²) in [6, 6.07) is 10.7. The topological polar surface area (TPSA) is 29.1 Å². The van der Waals surface area contributed by atoms with Crippen LogP contribution in [0.25, 0.3) is 0 Å². The molecule has 1 fully saturated rings. The van der Waals surface area contributed by atoms with Crippen LogP contribution in [0, 0.1) is 0 Å². The van der Waals surface area contributed by atoms with Crippen molar-refractivity contribution < 1.29 is 4.79 Å². The van der Waals surface area contributed by atoms with Crippen molar-refractivity contribution in [3.63, 3.8) is 0 Å². The number of carbonyl (C=O) groups is 1. The summed E-state index contributed by atoms with van der Waals surface area (Å²) in [5.41, 5.74) is 1.43. The molecule has 0 bridgehead atoms. The monoisotopic (exact) mass is 217 g/mol. The molecule has 1 heterocycles. The van der Waals surface area contributed by atoms with E-state index in [1.807, 2.05) is 0 Å². The highest BCUT2D eigenvalue weighted by Crippen LogP contribution is 2.27. The summed E-state index contributed by atoms with van der Waals surface area (Å²) in [5, 5.41) is 2.96. The van der Waals surface area contributed by atoms with Crippen molar-refractivity contribution in [1.29, 1.82) is 0 Å². The summed E-state index contributed by atoms with van der Waals surface area (Å²) in [5.74, 6) is 0.850. The lowest BCUT2D eigenvalue weighted by atomic mass is 9.90. The Labute approximate surface area is 97.1 Å². The van der Waals surface area contributed by atoms with Crippen LogP contribution in [0.3, 0.4) is 0 Å². The lowest BCUT2D eigenvalue weighted by molar-refractivity contribution is -0.121. The molecule has 1 aliphatic heterocycles. The Morgan fingerprint density at radius 2 is 1.81 bits per heavy atom. The molecule has 1 atom stereocenters. The second kappa shape index (κ2) is 5.69. The van der Waals surface area contributed by atoms with Crippen molar-refractivity contribution in [1.82, 2.24) is 5.32 Å². The van der Waals surface area contributed by atoms with Crippen LogP contribution in [0.15, 0.2) is 30.3 Å². The maximum atomic E-state index is 11.3. The van der Waals surface area contributed by atoms with Crippen LogP contribution in [-0.2, 0) is 4.79 Å². The van der Waals surface area contributed by atoms with Crippen LogP contribution in [0.4, 0.5) is 0 Å². The van der Waals surface area contributed by atoms with Gasteiger partial charge in [-0.05, 0) is 37.2 Å². The molecule has 1 aromatic rings. The fraction of sp³-hybridized carbons (Fsp3) is 0.500. The van der Waals surface area contributed by atoms with Gasteiger partial charge in [0.2, 0.25) is 5.91 Å². The summed E-state index contributed by atoms with van der Waals surface area (Å²) in [7, 11) is 0. The molecular formula is C14H19NO. The normalized spacial score (nSPS) is 22.8. The van der Waals surface area contributed by atoms with Gasteiger partial charge in [0.05, 0.1) is 0 Å². The number of benzene rings is 1. The molecular weight excluding hydrogens is 198 g/mol. The maximum Gasteiger partial charge on any atom is 0.219 e. The Morgan fingerprint density at radius 1 is 1.06 bits per heavy atom. The van der Waals surface area contributed by atoms with Crippen molar-refractivity contribution >= 4 is 5.91 Å². The molecule has 1 N–H and O–H groups in total. The standard InChI is InChI=1S/C14H19NO/c16-14-10-4-8-13(9-5-11-15-14)12-6-2-1-3-7-12/h1-3,6-7,13H,4-5,8-11H2,(H,15,16). The number of rotatable bonds is 1. The summed E-state index contributed by atoms with van der Waals surface area (Å²) in [4.78, 5) is 11.3. The van der Waals surface area contributed by atoms with E-state index >= 15 is 0 Å². The minimum absolute atomic E-state index is 0.216.